The summed E-state index contributed by atoms with van der Waals surface area (Å²) in [5, 5.41) is 0.763. The van der Waals surface area contributed by atoms with E-state index in [0.29, 0.717) is 0 Å². The SMILES string of the molecule is Clc1ccc(SNc2ccccc2)cc1. The molecule has 1 N–H and O–H groups in total. The van der Waals surface area contributed by atoms with Crippen LogP contribution in [-0.4, -0.2) is 0 Å². The molecule has 0 saturated carbocycles. The van der Waals surface area contributed by atoms with Gasteiger partial charge in [0.05, 0.1) is 0 Å². The normalized spacial score (nSPS) is 9.93. The lowest BCUT2D eigenvalue weighted by atomic mass is 10.3. The van der Waals surface area contributed by atoms with Crippen LogP contribution in [0.4, 0.5) is 5.69 Å². The molecule has 0 heterocycles. The summed E-state index contributed by atoms with van der Waals surface area (Å²) in [5.41, 5.74) is 1.09. The van der Waals surface area contributed by atoms with E-state index in [-0.39, 0.29) is 0 Å². The molecule has 0 atom stereocenters. The molecular weight excluding hydrogens is 226 g/mol. The molecule has 0 radical (unpaired) electrons. The first-order chi connectivity index (χ1) is 7.34. The quantitative estimate of drug-likeness (QED) is 0.789. The fourth-order valence-electron chi connectivity index (χ4n) is 1.13. The molecule has 1 nitrogen and oxygen atoms in total. The first-order valence-corrected chi connectivity index (χ1v) is 5.77. The van der Waals surface area contributed by atoms with Gasteiger partial charge in [-0.25, -0.2) is 0 Å². The maximum Gasteiger partial charge on any atom is 0.0443 e. The molecule has 0 aliphatic carbocycles. The van der Waals surface area contributed by atoms with Gasteiger partial charge in [0.1, 0.15) is 0 Å². The lowest BCUT2D eigenvalue weighted by Gasteiger charge is -2.04. The highest BCUT2D eigenvalue weighted by Gasteiger charge is 1.94. The Balaban J connectivity index is 1.96. The minimum atomic E-state index is 0.763. The van der Waals surface area contributed by atoms with Crippen molar-refractivity contribution in [2.45, 2.75) is 4.90 Å². The molecule has 2 rings (SSSR count). The summed E-state index contributed by atoms with van der Waals surface area (Å²) >= 11 is 7.37. The average Bonchev–Trinajstić information content (AvgIpc) is 2.30. The number of hydrogen-bond donors (Lipinski definition) is 1. The van der Waals surface area contributed by atoms with Gasteiger partial charge in [-0.15, -0.1) is 0 Å². The van der Waals surface area contributed by atoms with E-state index >= 15 is 0 Å². The summed E-state index contributed by atoms with van der Waals surface area (Å²) in [5.74, 6) is 0. The zero-order chi connectivity index (χ0) is 10.5. The Morgan fingerprint density at radius 3 is 2.20 bits per heavy atom. The summed E-state index contributed by atoms with van der Waals surface area (Å²) in [6.45, 7) is 0. The summed E-state index contributed by atoms with van der Waals surface area (Å²) in [4.78, 5) is 1.14. The van der Waals surface area contributed by atoms with Crippen LogP contribution in [-0.2, 0) is 0 Å². The van der Waals surface area contributed by atoms with E-state index < -0.39 is 0 Å². The zero-order valence-electron chi connectivity index (χ0n) is 7.98. The van der Waals surface area contributed by atoms with Crippen molar-refractivity contribution in [2.75, 3.05) is 4.72 Å². The van der Waals surface area contributed by atoms with Gasteiger partial charge in [0.15, 0.2) is 0 Å². The van der Waals surface area contributed by atoms with Crippen molar-refractivity contribution in [1.82, 2.24) is 0 Å². The number of nitrogens with one attached hydrogen (secondary N) is 1. The zero-order valence-corrected chi connectivity index (χ0v) is 9.55. The fourth-order valence-corrected chi connectivity index (χ4v) is 1.90. The maximum absolute atomic E-state index is 5.80. The fraction of sp³-hybridized carbons (Fsp3) is 0. The Kier molecular flexibility index (Phi) is 3.54. The summed E-state index contributed by atoms with van der Waals surface area (Å²) in [6.07, 6.45) is 0. The molecule has 76 valence electrons. The molecule has 0 unspecified atom stereocenters. The third kappa shape index (κ3) is 3.18. The van der Waals surface area contributed by atoms with Crippen LogP contribution >= 0.6 is 23.5 Å². The van der Waals surface area contributed by atoms with E-state index in [1.807, 2.05) is 54.6 Å². The van der Waals surface area contributed by atoms with E-state index in [1.165, 1.54) is 0 Å². The van der Waals surface area contributed by atoms with Crippen LogP contribution in [0.3, 0.4) is 0 Å². The minimum absolute atomic E-state index is 0.763. The Bertz CT molecular complexity index is 413. The van der Waals surface area contributed by atoms with E-state index in [2.05, 4.69) is 4.72 Å². The van der Waals surface area contributed by atoms with E-state index in [9.17, 15) is 0 Å². The molecule has 0 bridgehead atoms. The van der Waals surface area contributed by atoms with Gasteiger partial charge >= 0.3 is 0 Å². The first kappa shape index (κ1) is 10.4. The van der Waals surface area contributed by atoms with E-state index in [0.717, 1.165) is 15.6 Å². The highest BCUT2D eigenvalue weighted by atomic mass is 35.5. The van der Waals surface area contributed by atoms with Crippen LogP contribution in [0.15, 0.2) is 59.5 Å². The van der Waals surface area contributed by atoms with E-state index in [4.69, 9.17) is 11.6 Å². The lowest BCUT2D eigenvalue weighted by molar-refractivity contribution is 1.46. The molecule has 2 aromatic carbocycles. The molecule has 0 spiro atoms. The molecule has 0 aliphatic rings. The number of para-hydroxylation sites is 1. The monoisotopic (exact) mass is 235 g/mol. The maximum atomic E-state index is 5.80. The van der Waals surface area contributed by atoms with Crippen molar-refractivity contribution in [3.63, 3.8) is 0 Å². The lowest BCUT2D eigenvalue weighted by Crippen LogP contribution is -1.84. The molecule has 2 aromatic rings. The molecule has 3 heteroatoms. The largest absolute Gasteiger partial charge is 0.326 e. The second-order valence-electron chi connectivity index (χ2n) is 3.02. The van der Waals surface area contributed by atoms with Crippen LogP contribution in [0, 0.1) is 0 Å². The van der Waals surface area contributed by atoms with Crippen LogP contribution in [0.2, 0.25) is 5.02 Å². The smallest absolute Gasteiger partial charge is 0.0443 e. The third-order valence-electron chi connectivity index (χ3n) is 1.87. The number of benzene rings is 2. The predicted octanol–water partition coefficient (Wildman–Crippen LogP) is 4.46. The summed E-state index contributed by atoms with van der Waals surface area (Å²) < 4.78 is 3.25. The Morgan fingerprint density at radius 2 is 1.53 bits per heavy atom. The Labute approximate surface area is 98.6 Å². The molecular formula is C12H10ClNS. The molecule has 0 fully saturated rings. The predicted molar refractivity (Wildman–Crippen MR) is 67.4 cm³/mol. The van der Waals surface area contributed by atoms with Gasteiger partial charge < -0.3 is 4.72 Å². The standard InChI is InChI=1S/C12H10ClNS/c13-10-6-8-12(9-7-10)15-14-11-4-2-1-3-5-11/h1-9,14H. The van der Waals surface area contributed by atoms with Gasteiger partial charge in [0.25, 0.3) is 0 Å². The number of rotatable bonds is 3. The van der Waals surface area contributed by atoms with Gasteiger partial charge in [-0.3, -0.25) is 0 Å². The van der Waals surface area contributed by atoms with Crippen molar-refractivity contribution in [1.29, 1.82) is 0 Å². The van der Waals surface area contributed by atoms with Crippen molar-refractivity contribution < 1.29 is 0 Å². The van der Waals surface area contributed by atoms with Crippen molar-refractivity contribution >= 4 is 29.2 Å². The second kappa shape index (κ2) is 5.10. The summed E-state index contributed by atoms with van der Waals surface area (Å²) in [6, 6.07) is 17.8. The number of halogens is 1. The van der Waals surface area contributed by atoms with Crippen LogP contribution in [0.25, 0.3) is 0 Å². The number of anilines is 1. The van der Waals surface area contributed by atoms with Gasteiger partial charge in [0, 0.05) is 15.6 Å². The van der Waals surface area contributed by atoms with Crippen LogP contribution in [0.1, 0.15) is 0 Å². The first-order valence-electron chi connectivity index (χ1n) is 4.58. The molecule has 0 saturated heterocycles. The van der Waals surface area contributed by atoms with Crippen molar-refractivity contribution in [2.24, 2.45) is 0 Å². The Hall–Kier alpha value is -1.12. The van der Waals surface area contributed by atoms with Gasteiger partial charge in [-0.05, 0) is 48.3 Å². The molecule has 0 aliphatic heterocycles. The molecule has 15 heavy (non-hydrogen) atoms. The average molecular weight is 236 g/mol. The highest BCUT2D eigenvalue weighted by molar-refractivity contribution is 8.00. The van der Waals surface area contributed by atoms with Gasteiger partial charge in [-0.1, -0.05) is 29.8 Å². The van der Waals surface area contributed by atoms with Crippen LogP contribution in [0.5, 0.6) is 0 Å². The number of hydrogen-bond acceptors (Lipinski definition) is 2. The second-order valence-corrected chi connectivity index (χ2v) is 4.34. The van der Waals surface area contributed by atoms with Crippen LogP contribution < -0.4 is 4.72 Å². The minimum Gasteiger partial charge on any atom is -0.326 e. The Morgan fingerprint density at radius 1 is 0.867 bits per heavy atom. The topological polar surface area (TPSA) is 12.0 Å². The molecule has 0 amide bonds. The third-order valence-corrected chi connectivity index (χ3v) is 2.97. The van der Waals surface area contributed by atoms with E-state index in [1.54, 1.807) is 11.9 Å². The van der Waals surface area contributed by atoms with Gasteiger partial charge in [-0.2, -0.15) is 0 Å². The summed E-state index contributed by atoms with van der Waals surface area (Å²) in [7, 11) is 0. The van der Waals surface area contributed by atoms with Crippen molar-refractivity contribution in [3.05, 3.63) is 59.6 Å². The van der Waals surface area contributed by atoms with Crippen molar-refractivity contribution in [3.8, 4) is 0 Å². The highest BCUT2D eigenvalue weighted by Crippen LogP contribution is 2.22. The van der Waals surface area contributed by atoms with Gasteiger partial charge in [0.2, 0.25) is 0 Å². The molecule has 0 aromatic heterocycles.